The van der Waals surface area contributed by atoms with Crippen molar-refractivity contribution in [1.29, 1.82) is 0 Å². The van der Waals surface area contributed by atoms with Gasteiger partial charge in [-0.3, -0.25) is 9.59 Å². The third-order valence-corrected chi connectivity index (χ3v) is 8.26. The van der Waals surface area contributed by atoms with E-state index in [2.05, 4.69) is 5.32 Å². The number of aromatic carboxylic acids is 1. The highest BCUT2D eigenvalue weighted by molar-refractivity contribution is 6.30. The van der Waals surface area contributed by atoms with Crippen LogP contribution >= 0.6 is 11.6 Å². The molecule has 11 nitrogen and oxygen atoms in total. The minimum Gasteiger partial charge on any atom is -0.493 e. The number of carbonyl (C=O) groups excluding carboxylic acids is 2. The standard InChI is InChI=1S/C34H41ClN2O9/c1-34(2,3)28(10-7-16-38)37-24-12-11-20(35)18-23(24)30(22-8-6-9-26(43-4)31(22)44-5)46-27(32(37)40)19-29(39)36-15-13-25-21(33(41)42)14-17-45-25/h6,8-9,11-12,14,17-18,27-28,30,38H,7,10,13,15-16,19H2,1-5H3,(H,36,39)(H,41,42)/t27-,28?,30-/m1/s1. The minimum absolute atomic E-state index is 0.0229. The van der Waals surface area contributed by atoms with Gasteiger partial charge in [0.05, 0.1) is 32.6 Å². The molecule has 1 aromatic heterocycles. The molecule has 1 aliphatic rings. The normalized spacial score (nSPS) is 17.2. The summed E-state index contributed by atoms with van der Waals surface area (Å²) in [6.45, 7) is 6.10. The molecule has 2 heterocycles. The molecule has 46 heavy (non-hydrogen) atoms. The number of carboxylic acid groups (broad SMARTS) is 1. The predicted molar refractivity (Wildman–Crippen MR) is 172 cm³/mol. The summed E-state index contributed by atoms with van der Waals surface area (Å²) in [5.41, 5.74) is 1.35. The predicted octanol–water partition coefficient (Wildman–Crippen LogP) is 5.41. The van der Waals surface area contributed by atoms with Crippen molar-refractivity contribution in [2.45, 2.75) is 64.7 Å². The molecule has 2 amide bonds. The number of aliphatic hydroxyl groups excluding tert-OH is 1. The third kappa shape index (κ3) is 7.66. The molecular formula is C34H41ClN2O9. The van der Waals surface area contributed by atoms with Crippen LogP contribution in [0.25, 0.3) is 0 Å². The number of benzene rings is 2. The number of rotatable bonds is 13. The first-order valence-electron chi connectivity index (χ1n) is 15.1. The Morgan fingerprint density at radius 3 is 2.52 bits per heavy atom. The zero-order valence-corrected chi connectivity index (χ0v) is 27.4. The van der Waals surface area contributed by atoms with E-state index in [1.165, 1.54) is 26.5 Å². The zero-order valence-electron chi connectivity index (χ0n) is 26.7. The largest absolute Gasteiger partial charge is 0.493 e. The van der Waals surface area contributed by atoms with Crippen molar-refractivity contribution in [3.8, 4) is 11.5 Å². The Balaban J connectivity index is 1.77. The minimum atomic E-state index is -1.23. The molecule has 1 unspecified atom stereocenters. The quantitative estimate of drug-likeness (QED) is 0.220. The number of para-hydroxylation sites is 1. The number of anilines is 1. The average Bonchev–Trinajstić information content (AvgIpc) is 3.45. The van der Waals surface area contributed by atoms with E-state index < -0.39 is 35.4 Å². The molecule has 12 heteroatoms. The number of methoxy groups -OCH3 is 2. The number of carbonyl (C=O) groups is 3. The van der Waals surface area contributed by atoms with E-state index in [0.29, 0.717) is 46.2 Å². The molecule has 1 aliphatic heterocycles. The number of fused-ring (bicyclic) bond motifs is 1. The smallest absolute Gasteiger partial charge is 0.339 e. The van der Waals surface area contributed by atoms with Gasteiger partial charge in [0.2, 0.25) is 5.91 Å². The molecule has 0 fully saturated rings. The lowest BCUT2D eigenvalue weighted by Crippen LogP contribution is -2.52. The van der Waals surface area contributed by atoms with Gasteiger partial charge in [0.1, 0.15) is 23.5 Å². The lowest BCUT2D eigenvalue weighted by atomic mass is 9.82. The molecule has 0 bridgehead atoms. The van der Waals surface area contributed by atoms with Crippen molar-refractivity contribution in [2.24, 2.45) is 5.41 Å². The number of hydrogen-bond acceptors (Lipinski definition) is 8. The molecule has 0 aliphatic carbocycles. The maximum absolute atomic E-state index is 14.6. The first-order chi connectivity index (χ1) is 21.9. The van der Waals surface area contributed by atoms with Crippen LogP contribution in [0.1, 0.15) is 73.4 Å². The lowest BCUT2D eigenvalue weighted by Gasteiger charge is -2.41. The fourth-order valence-corrected chi connectivity index (χ4v) is 6.04. The summed E-state index contributed by atoms with van der Waals surface area (Å²) in [5, 5.41) is 22.3. The topological polar surface area (TPSA) is 148 Å². The van der Waals surface area contributed by atoms with Crippen molar-refractivity contribution in [1.82, 2.24) is 5.32 Å². The van der Waals surface area contributed by atoms with Gasteiger partial charge in [-0.15, -0.1) is 0 Å². The van der Waals surface area contributed by atoms with Gasteiger partial charge in [-0.2, -0.15) is 0 Å². The van der Waals surface area contributed by atoms with Crippen LogP contribution in [0.3, 0.4) is 0 Å². The van der Waals surface area contributed by atoms with Gasteiger partial charge in [-0.1, -0.05) is 44.5 Å². The summed E-state index contributed by atoms with van der Waals surface area (Å²) in [6.07, 6.45) is -0.0529. The van der Waals surface area contributed by atoms with Crippen molar-refractivity contribution < 1.29 is 43.2 Å². The Morgan fingerprint density at radius 2 is 1.87 bits per heavy atom. The maximum Gasteiger partial charge on any atom is 0.339 e. The number of halogens is 1. The second-order valence-corrected chi connectivity index (χ2v) is 12.5. The molecule has 2 aromatic carbocycles. The maximum atomic E-state index is 14.6. The fourth-order valence-electron chi connectivity index (χ4n) is 5.86. The van der Waals surface area contributed by atoms with Gasteiger partial charge in [-0.25, -0.2) is 4.79 Å². The number of hydrogen-bond donors (Lipinski definition) is 3. The Morgan fingerprint density at radius 1 is 1.11 bits per heavy atom. The molecule has 0 saturated carbocycles. The molecule has 248 valence electrons. The Labute approximate surface area is 273 Å². The van der Waals surface area contributed by atoms with Crippen LogP contribution in [0.4, 0.5) is 5.69 Å². The highest BCUT2D eigenvalue weighted by atomic mass is 35.5. The van der Waals surface area contributed by atoms with Gasteiger partial charge in [0.15, 0.2) is 11.5 Å². The summed E-state index contributed by atoms with van der Waals surface area (Å²) < 4.78 is 23.2. The SMILES string of the molecule is COc1cccc([C@H]2O[C@H](CC(=O)NCCc3occc3C(=O)O)C(=O)N(C(CCCO)C(C)(C)C)c3ccc(Cl)cc32)c1OC. The summed E-state index contributed by atoms with van der Waals surface area (Å²) in [4.78, 5) is 41.1. The first-order valence-corrected chi connectivity index (χ1v) is 15.4. The number of nitrogens with zero attached hydrogens (tertiary/aromatic N) is 1. The van der Waals surface area contributed by atoms with Crippen molar-refractivity contribution in [3.05, 3.63) is 76.2 Å². The second kappa shape index (κ2) is 15.0. The summed E-state index contributed by atoms with van der Waals surface area (Å²) >= 11 is 6.55. The number of carboxylic acids is 1. The summed E-state index contributed by atoms with van der Waals surface area (Å²) in [6, 6.07) is 11.6. The van der Waals surface area contributed by atoms with E-state index in [1.54, 1.807) is 35.2 Å². The van der Waals surface area contributed by atoms with Crippen LogP contribution in [0.15, 0.2) is 53.1 Å². The molecule has 3 atom stereocenters. The van der Waals surface area contributed by atoms with Crippen molar-refractivity contribution in [2.75, 3.05) is 32.3 Å². The van der Waals surface area contributed by atoms with Gasteiger partial charge < -0.3 is 39.1 Å². The monoisotopic (exact) mass is 656 g/mol. The molecule has 3 N–H and O–H groups in total. The second-order valence-electron chi connectivity index (χ2n) is 12.1. The van der Waals surface area contributed by atoms with E-state index in [-0.39, 0.29) is 43.4 Å². The number of aliphatic hydroxyl groups is 1. The number of amides is 2. The number of ether oxygens (including phenoxy) is 3. The van der Waals surface area contributed by atoms with Crippen LogP contribution in [-0.4, -0.2) is 67.5 Å². The van der Waals surface area contributed by atoms with E-state index >= 15 is 0 Å². The molecule has 0 spiro atoms. The van der Waals surface area contributed by atoms with E-state index in [0.717, 1.165) is 0 Å². The molecule has 0 radical (unpaired) electrons. The van der Waals surface area contributed by atoms with Crippen LogP contribution in [0, 0.1) is 5.41 Å². The number of furan rings is 1. The molecule has 0 saturated heterocycles. The van der Waals surface area contributed by atoms with Gasteiger partial charge in [-0.05, 0) is 48.6 Å². The lowest BCUT2D eigenvalue weighted by molar-refractivity contribution is -0.138. The summed E-state index contributed by atoms with van der Waals surface area (Å²) in [5.74, 6) is -0.908. The van der Waals surface area contributed by atoms with Crippen molar-refractivity contribution >= 4 is 35.1 Å². The van der Waals surface area contributed by atoms with Crippen LogP contribution in [0.2, 0.25) is 5.02 Å². The average molecular weight is 657 g/mol. The van der Waals surface area contributed by atoms with E-state index in [4.69, 9.17) is 30.2 Å². The van der Waals surface area contributed by atoms with Crippen molar-refractivity contribution in [3.63, 3.8) is 0 Å². The molecule has 4 rings (SSSR count). The van der Waals surface area contributed by atoms with E-state index in [9.17, 15) is 24.6 Å². The Kier molecular flexibility index (Phi) is 11.4. The molecular weight excluding hydrogens is 616 g/mol. The van der Waals surface area contributed by atoms with Gasteiger partial charge >= 0.3 is 5.97 Å². The van der Waals surface area contributed by atoms with Crippen LogP contribution < -0.4 is 19.7 Å². The summed E-state index contributed by atoms with van der Waals surface area (Å²) in [7, 11) is 3.04. The van der Waals surface area contributed by atoms with Gasteiger partial charge in [0.25, 0.3) is 5.91 Å². The first kappa shape index (κ1) is 34.8. The molecule has 3 aromatic rings. The fraction of sp³-hybridized carbons (Fsp3) is 0.441. The van der Waals surface area contributed by atoms with Gasteiger partial charge in [0, 0.05) is 41.8 Å². The number of nitrogens with one attached hydrogen (secondary N) is 1. The van der Waals surface area contributed by atoms with Crippen LogP contribution in [-0.2, 0) is 20.7 Å². The zero-order chi connectivity index (χ0) is 33.6. The van der Waals surface area contributed by atoms with Crippen LogP contribution in [0.5, 0.6) is 11.5 Å². The van der Waals surface area contributed by atoms with E-state index in [1.807, 2.05) is 26.8 Å². The highest BCUT2D eigenvalue weighted by Gasteiger charge is 2.44. The Hall–Kier alpha value is -4.06. The highest BCUT2D eigenvalue weighted by Crippen LogP contribution is 2.47. The third-order valence-electron chi connectivity index (χ3n) is 8.03. The Bertz CT molecular complexity index is 1550.